The van der Waals surface area contributed by atoms with E-state index in [1.165, 1.54) is 35.2 Å². The predicted molar refractivity (Wildman–Crippen MR) is 120 cm³/mol. The summed E-state index contributed by atoms with van der Waals surface area (Å²) in [5.74, 6) is -1.53. The van der Waals surface area contributed by atoms with Gasteiger partial charge in [0.05, 0.1) is 25.0 Å². The van der Waals surface area contributed by atoms with Crippen LogP contribution in [-0.4, -0.2) is 54.9 Å². The van der Waals surface area contributed by atoms with Crippen LogP contribution in [0.2, 0.25) is 0 Å². The number of rotatable bonds is 8. The molecule has 33 heavy (non-hydrogen) atoms. The van der Waals surface area contributed by atoms with E-state index in [1.54, 1.807) is 19.3 Å². The Hall–Kier alpha value is -2.66. The lowest BCUT2D eigenvalue weighted by atomic mass is 9.90. The maximum atomic E-state index is 14.7. The summed E-state index contributed by atoms with van der Waals surface area (Å²) in [5.41, 5.74) is -0.739. The van der Waals surface area contributed by atoms with Gasteiger partial charge in [-0.3, -0.25) is 4.98 Å². The molecular weight excluding hydrogens is 450 g/mol. The number of thioether (sulfide) groups is 1. The number of aromatic nitrogens is 4. The highest BCUT2D eigenvalue weighted by molar-refractivity contribution is 8.00. The molecule has 1 aromatic carbocycles. The molecule has 10 heteroatoms. The predicted octanol–water partition coefficient (Wildman–Crippen LogP) is 3.42. The van der Waals surface area contributed by atoms with Crippen LogP contribution in [0.15, 0.2) is 61.5 Å². The highest BCUT2D eigenvalue weighted by Gasteiger charge is 2.41. The molecule has 0 saturated carbocycles. The number of ether oxygens (including phenoxy) is 2. The Morgan fingerprint density at radius 3 is 2.76 bits per heavy atom. The van der Waals surface area contributed by atoms with E-state index in [2.05, 4.69) is 15.1 Å². The second kappa shape index (κ2) is 10.5. The molecule has 0 bridgehead atoms. The van der Waals surface area contributed by atoms with Gasteiger partial charge in [-0.2, -0.15) is 5.10 Å². The van der Waals surface area contributed by atoms with Crippen LogP contribution in [0.4, 0.5) is 8.78 Å². The first-order valence-electron chi connectivity index (χ1n) is 10.4. The summed E-state index contributed by atoms with van der Waals surface area (Å²) >= 11 is 1.42. The van der Waals surface area contributed by atoms with E-state index in [9.17, 15) is 13.9 Å². The van der Waals surface area contributed by atoms with Crippen molar-refractivity contribution < 1.29 is 23.4 Å². The van der Waals surface area contributed by atoms with Crippen molar-refractivity contribution in [2.24, 2.45) is 0 Å². The fourth-order valence-corrected chi connectivity index (χ4v) is 4.91. The second-order valence-electron chi connectivity index (χ2n) is 7.72. The Balaban J connectivity index is 1.43. The van der Waals surface area contributed by atoms with Gasteiger partial charge in [-0.1, -0.05) is 25.1 Å². The van der Waals surface area contributed by atoms with Crippen molar-refractivity contribution >= 4 is 17.8 Å². The zero-order valence-electron chi connectivity index (χ0n) is 17.9. The molecule has 0 radical (unpaired) electrons. The minimum atomic E-state index is -1.67. The molecule has 174 valence electrons. The maximum Gasteiger partial charge on any atom is 0.177 e. The van der Waals surface area contributed by atoms with Crippen LogP contribution < -0.4 is 0 Å². The highest BCUT2D eigenvalue weighted by Crippen LogP contribution is 2.38. The van der Waals surface area contributed by atoms with Crippen molar-refractivity contribution in [2.75, 3.05) is 13.2 Å². The van der Waals surface area contributed by atoms with E-state index >= 15 is 0 Å². The first-order valence-corrected chi connectivity index (χ1v) is 11.4. The number of pyridine rings is 1. The van der Waals surface area contributed by atoms with E-state index in [1.807, 2.05) is 24.3 Å². The Bertz CT molecular complexity index is 1060. The molecule has 1 N–H and O–H groups in total. The van der Waals surface area contributed by atoms with Crippen molar-refractivity contribution in [1.29, 1.82) is 0 Å². The summed E-state index contributed by atoms with van der Waals surface area (Å²) in [6.07, 6.45) is 9.43. The van der Waals surface area contributed by atoms with Crippen molar-refractivity contribution in [1.82, 2.24) is 19.7 Å². The Morgan fingerprint density at radius 2 is 2.09 bits per heavy atom. The van der Waals surface area contributed by atoms with Crippen LogP contribution in [-0.2, 0) is 21.6 Å². The summed E-state index contributed by atoms with van der Waals surface area (Å²) in [7, 11) is 0. The average Bonchev–Trinajstić information content (AvgIpc) is 3.32. The maximum absolute atomic E-state index is 14.7. The number of halogens is 2. The van der Waals surface area contributed by atoms with Gasteiger partial charge >= 0.3 is 0 Å². The molecule has 3 aromatic rings. The molecule has 1 aliphatic rings. The fourth-order valence-electron chi connectivity index (χ4n) is 3.59. The molecule has 3 heterocycles. The van der Waals surface area contributed by atoms with Crippen molar-refractivity contribution in [2.45, 2.75) is 35.9 Å². The van der Waals surface area contributed by atoms with E-state index in [0.29, 0.717) is 13.2 Å². The van der Waals surface area contributed by atoms with E-state index in [4.69, 9.17) is 9.47 Å². The normalized spacial score (nSPS) is 21.7. The topological polar surface area (TPSA) is 82.3 Å². The molecule has 2 atom stereocenters. The molecule has 1 fully saturated rings. The van der Waals surface area contributed by atoms with Gasteiger partial charge in [-0.25, -0.2) is 18.4 Å². The van der Waals surface area contributed by atoms with E-state index in [-0.39, 0.29) is 17.4 Å². The molecule has 0 unspecified atom stereocenters. The third-order valence-corrected chi connectivity index (χ3v) is 6.81. The average molecular weight is 475 g/mol. The lowest BCUT2D eigenvalue weighted by molar-refractivity contribution is -0.146. The van der Waals surface area contributed by atoms with Crippen LogP contribution in [0, 0.1) is 11.6 Å². The minimum absolute atomic E-state index is 0.00525. The van der Waals surface area contributed by atoms with Gasteiger partial charge in [0.2, 0.25) is 0 Å². The van der Waals surface area contributed by atoms with Gasteiger partial charge in [0, 0.05) is 29.3 Å². The summed E-state index contributed by atoms with van der Waals surface area (Å²) in [4.78, 5) is 7.95. The Labute approximate surface area is 194 Å². The molecule has 0 amide bonds. The molecule has 1 aliphatic heterocycles. The SMILES string of the molecule is C[C@@H](SC1COC(C=Cc2cccnc2)OC1)[C@](O)(Cn1cncn1)c1ccc(F)cc1F. The molecule has 2 aromatic heterocycles. The molecule has 0 aliphatic carbocycles. The fraction of sp³-hybridized carbons (Fsp3) is 0.348. The summed E-state index contributed by atoms with van der Waals surface area (Å²) in [5, 5.41) is 15.1. The van der Waals surface area contributed by atoms with Crippen molar-refractivity contribution in [3.63, 3.8) is 0 Å². The van der Waals surface area contributed by atoms with Gasteiger partial charge in [0.15, 0.2) is 6.29 Å². The lowest BCUT2D eigenvalue weighted by Gasteiger charge is -2.37. The van der Waals surface area contributed by atoms with Crippen LogP contribution in [0.1, 0.15) is 18.1 Å². The van der Waals surface area contributed by atoms with Crippen LogP contribution >= 0.6 is 11.8 Å². The van der Waals surface area contributed by atoms with Gasteiger partial charge in [-0.05, 0) is 23.8 Å². The number of hydrogen-bond donors (Lipinski definition) is 1. The molecule has 4 rings (SSSR count). The monoisotopic (exact) mass is 474 g/mol. The van der Waals surface area contributed by atoms with Crippen LogP contribution in [0.5, 0.6) is 0 Å². The highest BCUT2D eigenvalue weighted by atomic mass is 32.2. The zero-order valence-corrected chi connectivity index (χ0v) is 18.7. The molecule has 1 saturated heterocycles. The van der Waals surface area contributed by atoms with Crippen molar-refractivity contribution in [3.05, 3.63) is 84.2 Å². The smallest absolute Gasteiger partial charge is 0.177 e. The molecule has 0 spiro atoms. The number of aliphatic hydroxyl groups is 1. The van der Waals surface area contributed by atoms with Gasteiger partial charge < -0.3 is 14.6 Å². The summed E-state index contributed by atoms with van der Waals surface area (Å²) in [6, 6.07) is 6.95. The zero-order chi connectivity index (χ0) is 23.3. The largest absolute Gasteiger partial charge is 0.382 e. The summed E-state index contributed by atoms with van der Waals surface area (Å²) < 4.78 is 41.2. The molecule has 7 nitrogen and oxygen atoms in total. The van der Waals surface area contributed by atoms with Crippen LogP contribution in [0.25, 0.3) is 6.08 Å². The Kier molecular flexibility index (Phi) is 7.49. The number of hydrogen-bond acceptors (Lipinski definition) is 7. The minimum Gasteiger partial charge on any atom is -0.382 e. The van der Waals surface area contributed by atoms with Crippen molar-refractivity contribution in [3.8, 4) is 0 Å². The first-order chi connectivity index (χ1) is 15.9. The summed E-state index contributed by atoms with van der Waals surface area (Å²) in [6.45, 7) is 2.53. The number of benzene rings is 1. The Morgan fingerprint density at radius 1 is 1.27 bits per heavy atom. The first kappa shape index (κ1) is 23.5. The van der Waals surface area contributed by atoms with Gasteiger partial charge in [0.1, 0.15) is 29.9 Å². The van der Waals surface area contributed by atoms with Gasteiger partial charge in [-0.15, -0.1) is 11.8 Å². The second-order valence-corrected chi connectivity index (χ2v) is 9.37. The third kappa shape index (κ3) is 5.83. The third-order valence-electron chi connectivity index (χ3n) is 5.36. The molecular formula is C23H24F2N4O3S. The van der Waals surface area contributed by atoms with Crippen LogP contribution in [0.3, 0.4) is 0 Å². The number of nitrogens with zero attached hydrogens (tertiary/aromatic N) is 4. The lowest BCUT2D eigenvalue weighted by Crippen LogP contribution is -2.43. The van der Waals surface area contributed by atoms with Gasteiger partial charge in [0.25, 0.3) is 0 Å². The van der Waals surface area contributed by atoms with E-state index < -0.39 is 28.8 Å². The van der Waals surface area contributed by atoms with E-state index in [0.717, 1.165) is 17.7 Å². The quantitative estimate of drug-likeness (QED) is 0.536. The standard InChI is InChI=1S/C23H24F2N4O3S/c1-16(33-19-11-31-22(32-12-19)7-4-17-3-2-8-26-10-17)23(30,13-29-15-27-14-28-29)20-6-5-18(24)9-21(20)25/h2-10,14-16,19,22,30H,11-13H2,1H3/t16-,19?,22?,23-/m1/s1.